The summed E-state index contributed by atoms with van der Waals surface area (Å²) in [5.41, 5.74) is 4.73. The molecule has 0 saturated carbocycles. The molecule has 11 nitrogen and oxygen atoms in total. The maximum atomic E-state index is 14.1. The Balaban J connectivity index is 0.000000859. The van der Waals surface area contributed by atoms with Gasteiger partial charge in [-0.1, -0.05) is 48.5 Å². The van der Waals surface area contributed by atoms with Crippen LogP contribution in [0.5, 0.6) is 23.0 Å². The molecular formula is C46H50N6O5. The van der Waals surface area contributed by atoms with Gasteiger partial charge in [-0.3, -0.25) is 19.6 Å². The Morgan fingerprint density at radius 2 is 0.895 bits per heavy atom. The van der Waals surface area contributed by atoms with Gasteiger partial charge in [0, 0.05) is 113 Å². The number of hydrogen-bond acceptors (Lipinski definition) is 9. The highest BCUT2D eigenvalue weighted by atomic mass is 16.5. The lowest BCUT2D eigenvalue weighted by Crippen LogP contribution is -2.53. The van der Waals surface area contributed by atoms with Crippen molar-refractivity contribution < 1.29 is 23.8 Å². The van der Waals surface area contributed by atoms with E-state index in [0.717, 1.165) is 73.0 Å². The average Bonchev–Trinajstić information content (AvgIpc) is 3.59. The van der Waals surface area contributed by atoms with Gasteiger partial charge in [0.1, 0.15) is 34.1 Å². The number of anilines is 2. The molecule has 4 aliphatic rings. The second kappa shape index (κ2) is 14.6. The topological polar surface area (TPSA) is 127 Å². The minimum absolute atomic E-state index is 0.304. The van der Waals surface area contributed by atoms with Crippen molar-refractivity contribution in [1.29, 1.82) is 0 Å². The van der Waals surface area contributed by atoms with Gasteiger partial charge in [0.2, 0.25) is 0 Å². The Kier molecular flexibility index (Phi) is 9.71. The predicted octanol–water partition coefficient (Wildman–Crippen LogP) is 7.88. The highest BCUT2D eigenvalue weighted by Crippen LogP contribution is 2.62. The summed E-state index contributed by atoms with van der Waals surface area (Å²) >= 11 is 0. The van der Waals surface area contributed by atoms with Crippen molar-refractivity contribution in [3.05, 3.63) is 142 Å². The van der Waals surface area contributed by atoms with E-state index >= 15 is 0 Å². The Labute approximate surface area is 334 Å². The minimum atomic E-state index is -1.26. The summed E-state index contributed by atoms with van der Waals surface area (Å²) in [6, 6.07) is 31.1. The van der Waals surface area contributed by atoms with Gasteiger partial charge in [0.15, 0.2) is 0 Å². The molecule has 0 radical (unpaired) electrons. The molecule has 9 rings (SSSR count). The number of nitrogens with zero attached hydrogens (tertiary/aromatic N) is 4. The van der Waals surface area contributed by atoms with Crippen LogP contribution in [0.1, 0.15) is 95.6 Å². The number of rotatable bonds is 8. The first-order valence-corrected chi connectivity index (χ1v) is 20.0. The third-order valence-corrected chi connectivity index (χ3v) is 11.9. The zero-order valence-corrected chi connectivity index (χ0v) is 33.5. The first kappa shape index (κ1) is 38.0. The van der Waals surface area contributed by atoms with Gasteiger partial charge in [0.05, 0.1) is 0 Å². The number of carbonyl (C=O) groups is 2. The third kappa shape index (κ3) is 5.29. The third-order valence-electron chi connectivity index (χ3n) is 11.9. The van der Waals surface area contributed by atoms with E-state index in [0.29, 0.717) is 45.3 Å². The molecule has 57 heavy (non-hydrogen) atoms. The van der Waals surface area contributed by atoms with Crippen LogP contribution in [0.4, 0.5) is 11.4 Å². The maximum Gasteiger partial charge on any atom is 0.269 e. The van der Waals surface area contributed by atoms with E-state index in [1.807, 2.05) is 98.8 Å². The van der Waals surface area contributed by atoms with Gasteiger partial charge in [-0.25, -0.2) is 11.7 Å². The molecular weight excluding hydrogens is 717 g/mol. The van der Waals surface area contributed by atoms with Crippen LogP contribution in [-0.4, -0.2) is 61.2 Å². The number of ether oxygens (including phenoxy) is 3. The SMILES string of the molecule is CCN(CC)c1ccc2c(c1)Oc1cc3c(cc1[C@]21c2ccccc2C(=O)N1N)[C@]1(c2ccc(N(CC)CC)cc2O3)c2ccccc2C(=O)N1N.CCOCC. The second-order valence-electron chi connectivity index (χ2n) is 14.4. The molecule has 5 aromatic carbocycles. The standard InChI is InChI=1S/C42H40N6O4.C4H10O/c1-5-45(6-2)25-17-19-31-35(21-25)51-37-24-38-34(23-33(37)41(31)29-15-11-9-13-27(29)39(49)47(41)43)42(30-16-12-10-14-28(30)40(50)48(42)44)32-20-18-26(22-36(32)52-38)46(7-3)8-4;1-3-5-4-2/h9-24H,5-8,43-44H2,1-4H3;3-4H2,1-2H3/t41-,42+;. The number of hydrazine groups is 2. The van der Waals surface area contributed by atoms with Crippen LogP contribution in [0.15, 0.2) is 97.1 Å². The van der Waals surface area contributed by atoms with Gasteiger partial charge in [-0.15, -0.1) is 0 Å². The molecule has 5 aromatic rings. The quantitative estimate of drug-likeness (QED) is 0.120. The Bertz CT molecular complexity index is 2230. The van der Waals surface area contributed by atoms with Gasteiger partial charge in [0.25, 0.3) is 11.8 Å². The lowest BCUT2D eigenvalue weighted by molar-refractivity contribution is 0.0662. The van der Waals surface area contributed by atoms with Crippen LogP contribution in [0, 0.1) is 0 Å². The summed E-state index contributed by atoms with van der Waals surface area (Å²) in [6.07, 6.45) is 0. The predicted molar refractivity (Wildman–Crippen MR) is 222 cm³/mol. The summed E-state index contributed by atoms with van der Waals surface area (Å²) in [4.78, 5) is 32.7. The van der Waals surface area contributed by atoms with Crippen molar-refractivity contribution in [2.24, 2.45) is 11.7 Å². The fourth-order valence-electron chi connectivity index (χ4n) is 9.28. The molecule has 2 amide bonds. The summed E-state index contributed by atoms with van der Waals surface area (Å²) in [5, 5.41) is 2.66. The van der Waals surface area contributed by atoms with Crippen LogP contribution in [-0.2, 0) is 15.8 Å². The molecule has 4 N–H and O–H groups in total. The van der Waals surface area contributed by atoms with Crippen LogP contribution in [0.3, 0.4) is 0 Å². The van der Waals surface area contributed by atoms with Gasteiger partial charge in [-0.2, -0.15) is 0 Å². The number of benzene rings is 5. The van der Waals surface area contributed by atoms with E-state index in [-0.39, 0.29) is 11.8 Å². The molecule has 4 aliphatic heterocycles. The molecule has 4 heterocycles. The highest BCUT2D eigenvalue weighted by molar-refractivity contribution is 6.03. The van der Waals surface area contributed by atoms with Crippen LogP contribution >= 0.6 is 0 Å². The second-order valence-corrected chi connectivity index (χ2v) is 14.4. The van der Waals surface area contributed by atoms with Crippen LogP contribution in [0.2, 0.25) is 0 Å². The lowest BCUT2D eigenvalue weighted by Gasteiger charge is -2.46. The molecule has 0 aromatic heterocycles. The molecule has 0 unspecified atom stereocenters. The molecule has 0 fully saturated rings. The minimum Gasteiger partial charge on any atom is -0.456 e. The molecule has 2 spiro atoms. The number of amides is 2. The zero-order chi connectivity index (χ0) is 40.2. The van der Waals surface area contributed by atoms with Gasteiger partial charge >= 0.3 is 0 Å². The largest absolute Gasteiger partial charge is 0.456 e. The Hall–Kier alpha value is -5.88. The molecule has 0 saturated heterocycles. The zero-order valence-electron chi connectivity index (χ0n) is 33.5. The van der Waals surface area contributed by atoms with Crippen molar-refractivity contribution >= 4 is 23.2 Å². The van der Waals surface area contributed by atoms with Crippen molar-refractivity contribution in [2.45, 2.75) is 52.6 Å². The van der Waals surface area contributed by atoms with E-state index in [1.54, 1.807) is 0 Å². The van der Waals surface area contributed by atoms with E-state index in [1.165, 1.54) is 10.0 Å². The smallest absolute Gasteiger partial charge is 0.269 e. The van der Waals surface area contributed by atoms with Crippen LogP contribution in [0.25, 0.3) is 0 Å². The first-order chi connectivity index (χ1) is 27.7. The number of carbonyl (C=O) groups excluding carboxylic acids is 2. The number of nitrogens with two attached hydrogens (primary N) is 2. The van der Waals surface area contributed by atoms with E-state index in [2.05, 4.69) is 49.6 Å². The van der Waals surface area contributed by atoms with Crippen LogP contribution < -0.4 is 31.0 Å². The molecule has 0 bridgehead atoms. The fraction of sp³-hybridized carbons (Fsp3) is 0.304. The molecule has 0 aliphatic carbocycles. The van der Waals surface area contributed by atoms with Crippen molar-refractivity contribution in [2.75, 3.05) is 49.2 Å². The fourth-order valence-corrected chi connectivity index (χ4v) is 9.28. The van der Waals surface area contributed by atoms with E-state index < -0.39 is 11.1 Å². The average molecular weight is 767 g/mol. The van der Waals surface area contributed by atoms with Crippen molar-refractivity contribution in [3.8, 4) is 23.0 Å². The monoisotopic (exact) mass is 766 g/mol. The van der Waals surface area contributed by atoms with E-state index in [9.17, 15) is 9.59 Å². The Morgan fingerprint density at radius 1 is 0.509 bits per heavy atom. The van der Waals surface area contributed by atoms with Crippen molar-refractivity contribution in [1.82, 2.24) is 10.0 Å². The normalized spacial score (nSPS) is 19.1. The lowest BCUT2D eigenvalue weighted by atomic mass is 9.70. The molecule has 294 valence electrons. The highest BCUT2D eigenvalue weighted by Gasteiger charge is 2.60. The molecule has 2 atom stereocenters. The van der Waals surface area contributed by atoms with Gasteiger partial charge in [-0.05, 0) is 71.9 Å². The molecule has 11 heteroatoms. The number of fused-ring (bicyclic) bond motifs is 12. The number of hydrogen-bond donors (Lipinski definition) is 2. The summed E-state index contributed by atoms with van der Waals surface area (Å²) in [7, 11) is 0. The van der Waals surface area contributed by atoms with E-state index in [4.69, 9.17) is 25.9 Å². The first-order valence-electron chi connectivity index (χ1n) is 20.0. The Morgan fingerprint density at radius 3 is 1.26 bits per heavy atom. The summed E-state index contributed by atoms with van der Waals surface area (Å²) in [5.74, 6) is 15.6. The summed E-state index contributed by atoms with van der Waals surface area (Å²) in [6.45, 7) is 17.4. The van der Waals surface area contributed by atoms with Crippen molar-refractivity contribution in [3.63, 3.8) is 0 Å². The van der Waals surface area contributed by atoms with Gasteiger partial charge < -0.3 is 24.0 Å². The summed E-state index contributed by atoms with van der Waals surface area (Å²) < 4.78 is 18.5. The maximum absolute atomic E-state index is 14.1.